The van der Waals surface area contributed by atoms with Crippen molar-refractivity contribution < 1.29 is 5.11 Å². The van der Waals surface area contributed by atoms with Crippen molar-refractivity contribution in [3.8, 4) is 0 Å². The van der Waals surface area contributed by atoms with E-state index >= 15 is 0 Å². The maximum absolute atomic E-state index is 9.62. The molecule has 4 nitrogen and oxygen atoms in total. The van der Waals surface area contributed by atoms with Gasteiger partial charge in [-0.3, -0.25) is 4.99 Å². The van der Waals surface area contributed by atoms with E-state index in [1.54, 1.807) is 7.05 Å². The molecule has 0 fully saturated rings. The summed E-state index contributed by atoms with van der Waals surface area (Å²) < 4.78 is 0. The van der Waals surface area contributed by atoms with Gasteiger partial charge in [0.15, 0.2) is 5.96 Å². The summed E-state index contributed by atoms with van der Waals surface area (Å²) >= 11 is 5.90. The summed E-state index contributed by atoms with van der Waals surface area (Å²) in [7, 11) is 1.75. The minimum atomic E-state index is 0. The Morgan fingerprint density at radius 2 is 1.77 bits per heavy atom. The van der Waals surface area contributed by atoms with Crippen LogP contribution in [-0.2, 0) is 6.42 Å². The number of aliphatic imine (C=N–C) groups is 1. The number of rotatable bonds is 8. The van der Waals surface area contributed by atoms with E-state index in [2.05, 4.69) is 27.8 Å². The van der Waals surface area contributed by atoms with Crippen molar-refractivity contribution in [1.29, 1.82) is 0 Å². The topological polar surface area (TPSA) is 56.7 Å². The third-order valence-corrected chi connectivity index (χ3v) is 4.33. The van der Waals surface area contributed by atoms with Crippen molar-refractivity contribution in [1.82, 2.24) is 10.6 Å². The lowest BCUT2D eigenvalue weighted by atomic mass is 10.0. The number of aliphatic hydroxyl groups is 1. The minimum absolute atomic E-state index is 0. The van der Waals surface area contributed by atoms with Crippen LogP contribution in [0.1, 0.15) is 23.5 Å². The van der Waals surface area contributed by atoms with Crippen LogP contribution in [0.5, 0.6) is 0 Å². The van der Waals surface area contributed by atoms with Gasteiger partial charge in [0.05, 0.1) is 6.61 Å². The van der Waals surface area contributed by atoms with Crippen LogP contribution in [-0.4, -0.2) is 37.8 Å². The van der Waals surface area contributed by atoms with E-state index in [1.807, 2.05) is 42.5 Å². The summed E-state index contributed by atoms with van der Waals surface area (Å²) in [5.41, 5.74) is 2.40. The number of nitrogens with one attached hydrogen (secondary N) is 2. The fourth-order valence-electron chi connectivity index (χ4n) is 2.60. The minimum Gasteiger partial charge on any atom is -0.396 e. The molecular weight excluding hydrogens is 461 g/mol. The zero-order valence-corrected chi connectivity index (χ0v) is 18.1. The Hall–Kier alpha value is -1.31. The second-order valence-corrected chi connectivity index (χ2v) is 6.34. The Morgan fingerprint density at radius 1 is 1.08 bits per heavy atom. The summed E-state index contributed by atoms with van der Waals surface area (Å²) in [6, 6.07) is 18.0. The van der Waals surface area contributed by atoms with Crippen molar-refractivity contribution in [3.05, 3.63) is 70.7 Å². The Labute approximate surface area is 178 Å². The fraction of sp³-hybridized carbons (Fsp3) is 0.350. The molecule has 2 aromatic carbocycles. The predicted molar refractivity (Wildman–Crippen MR) is 121 cm³/mol. The lowest BCUT2D eigenvalue weighted by Gasteiger charge is -2.18. The maximum Gasteiger partial charge on any atom is 0.190 e. The Morgan fingerprint density at radius 3 is 2.38 bits per heavy atom. The molecule has 0 saturated heterocycles. The first kappa shape index (κ1) is 22.7. The monoisotopic (exact) mass is 487 g/mol. The van der Waals surface area contributed by atoms with Crippen molar-refractivity contribution in [3.63, 3.8) is 0 Å². The highest BCUT2D eigenvalue weighted by Crippen LogP contribution is 2.13. The summed E-state index contributed by atoms with van der Waals surface area (Å²) in [5.74, 6) is 0.805. The maximum atomic E-state index is 9.62. The summed E-state index contributed by atoms with van der Waals surface area (Å²) in [4.78, 5) is 4.24. The lowest BCUT2D eigenvalue weighted by molar-refractivity contribution is 0.265. The number of benzene rings is 2. The van der Waals surface area contributed by atoms with E-state index in [1.165, 1.54) is 5.56 Å². The second kappa shape index (κ2) is 12.9. The number of aliphatic hydroxyl groups excluding tert-OH is 1. The molecule has 0 amide bonds. The SMILES string of the molecule is CN=C(NCCCc1ccc(Cl)cc1)NCC(CO)c1ccccc1.I. The Bertz CT molecular complexity index is 650. The molecule has 0 aliphatic rings. The molecule has 26 heavy (non-hydrogen) atoms. The van der Waals surface area contributed by atoms with E-state index in [0.717, 1.165) is 35.9 Å². The van der Waals surface area contributed by atoms with Gasteiger partial charge < -0.3 is 15.7 Å². The quantitative estimate of drug-likeness (QED) is 0.230. The van der Waals surface area contributed by atoms with Crippen LogP contribution in [0.4, 0.5) is 0 Å². The average Bonchev–Trinajstić information content (AvgIpc) is 2.66. The molecule has 2 aromatic rings. The molecular formula is C20H27ClIN3O. The number of halogens is 2. The van der Waals surface area contributed by atoms with Gasteiger partial charge in [-0.05, 0) is 36.1 Å². The van der Waals surface area contributed by atoms with Gasteiger partial charge in [0, 0.05) is 31.1 Å². The van der Waals surface area contributed by atoms with Crippen LogP contribution in [0.25, 0.3) is 0 Å². The van der Waals surface area contributed by atoms with E-state index < -0.39 is 0 Å². The smallest absolute Gasteiger partial charge is 0.190 e. The van der Waals surface area contributed by atoms with Gasteiger partial charge in [0.1, 0.15) is 0 Å². The first-order valence-corrected chi connectivity index (χ1v) is 8.95. The Kier molecular flexibility index (Phi) is 11.3. The molecule has 0 aliphatic heterocycles. The van der Waals surface area contributed by atoms with Crippen molar-refractivity contribution in [2.45, 2.75) is 18.8 Å². The molecule has 1 unspecified atom stereocenters. The molecule has 1 atom stereocenters. The van der Waals surface area contributed by atoms with Crippen molar-refractivity contribution >= 4 is 41.5 Å². The number of aryl methyl sites for hydroxylation is 1. The van der Waals surface area contributed by atoms with Gasteiger partial charge in [-0.25, -0.2) is 0 Å². The first-order valence-electron chi connectivity index (χ1n) is 8.57. The highest BCUT2D eigenvalue weighted by Gasteiger charge is 2.10. The third kappa shape index (κ3) is 7.93. The van der Waals surface area contributed by atoms with E-state index in [9.17, 15) is 5.11 Å². The molecule has 0 saturated carbocycles. The van der Waals surface area contributed by atoms with Crippen molar-refractivity contribution in [2.24, 2.45) is 4.99 Å². The molecule has 0 radical (unpaired) electrons. The van der Waals surface area contributed by atoms with Gasteiger partial charge in [-0.1, -0.05) is 54.1 Å². The third-order valence-electron chi connectivity index (χ3n) is 4.08. The highest BCUT2D eigenvalue weighted by atomic mass is 127. The summed E-state index contributed by atoms with van der Waals surface area (Å²) in [6.45, 7) is 1.57. The number of hydrogen-bond acceptors (Lipinski definition) is 2. The number of guanidine groups is 1. The van der Waals surface area contributed by atoms with Gasteiger partial charge >= 0.3 is 0 Å². The molecule has 0 bridgehead atoms. The highest BCUT2D eigenvalue weighted by molar-refractivity contribution is 14.0. The largest absolute Gasteiger partial charge is 0.396 e. The van der Waals surface area contributed by atoms with E-state index in [-0.39, 0.29) is 36.5 Å². The number of nitrogens with zero attached hydrogens (tertiary/aromatic N) is 1. The van der Waals surface area contributed by atoms with E-state index in [0.29, 0.717) is 6.54 Å². The van der Waals surface area contributed by atoms with Gasteiger partial charge in [0.25, 0.3) is 0 Å². The molecule has 2 rings (SSSR count). The zero-order valence-electron chi connectivity index (χ0n) is 15.0. The van der Waals surface area contributed by atoms with Crippen LogP contribution < -0.4 is 10.6 Å². The van der Waals surface area contributed by atoms with Crippen LogP contribution in [0.15, 0.2) is 59.6 Å². The number of hydrogen-bond donors (Lipinski definition) is 3. The van der Waals surface area contributed by atoms with E-state index in [4.69, 9.17) is 11.6 Å². The fourth-order valence-corrected chi connectivity index (χ4v) is 2.73. The standard InChI is InChI=1S/C20H26ClN3O.HI/c1-22-20(23-13-5-6-16-9-11-19(21)12-10-16)24-14-18(15-25)17-7-3-2-4-8-17;/h2-4,7-12,18,25H,5-6,13-15H2,1H3,(H2,22,23,24);1H. The molecule has 142 valence electrons. The van der Waals surface area contributed by atoms with Gasteiger partial charge in [-0.2, -0.15) is 0 Å². The second-order valence-electron chi connectivity index (χ2n) is 5.90. The summed E-state index contributed by atoms with van der Waals surface area (Å²) in [6.07, 6.45) is 1.99. The van der Waals surface area contributed by atoms with Crippen LogP contribution in [0, 0.1) is 0 Å². The molecule has 0 aromatic heterocycles. The predicted octanol–water partition coefficient (Wildman–Crippen LogP) is 3.83. The molecule has 0 spiro atoms. The molecule has 3 N–H and O–H groups in total. The first-order chi connectivity index (χ1) is 12.2. The van der Waals surface area contributed by atoms with Crippen LogP contribution >= 0.6 is 35.6 Å². The van der Waals surface area contributed by atoms with Gasteiger partial charge in [-0.15, -0.1) is 24.0 Å². The van der Waals surface area contributed by atoms with Crippen LogP contribution in [0.3, 0.4) is 0 Å². The average molecular weight is 488 g/mol. The van der Waals surface area contributed by atoms with Crippen LogP contribution in [0.2, 0.25) is 5.02 Å². The Balaban J connectivity index is 0.00000338. The molecule has 0 heterocycles. The molecule has 6 heteroatoms. The van der Waals surface area contributed by atoms with Gasteiger partial charge in [0.2, 0.25) is 0 Å². The molecule has 0 aliphatic carbocycles. The normalized spacial score (nSPS) is 12.2. The lowest BCUT2D eigenvalue weighted by Crippen LogP contribution is -2.40. The summed E-state index contributed by atoms with van der Waals surface area (Å²) in [5, 5.41) is 17.0. The van der Waals surface area contributed by atoms with Crippen molar-refractivity contribution in [2.75, 3.05) is 26.7 Å². The zero-order chi connectivity index (χ0) is 17.9.